The maximum Gasteiger partial charge on any atom is 0.251 e. The Morgan fingerprint density at radius 1 is 1.32 bits per heavy atom. The van der Waals surface area contributed by atoms with Crippen LogP contribution in [0, 0.1) is 0 Å². The zero-order valence-electron chi connectivity index (χ0n) is 11.6. The van der Waals surface area contributed by atoms with Crippen molar-refractivity contribution < 1.29 is 9.90 Å². The summed E-state index contributed by atoms with van der Waals surface area (Å²) in [7, 11) is 3.82. The van der Waals surface area contributed by atoms with Crippen LogP contribution in [0.4, 0.5) is 11.4 Å². The van der Waals surface area contributed by atoms with Gasteiger partial charge in [0.15, 0.2) is 0 Å². The Morgan fingerprint density at radius 2 is 2.05 bits per heavy atom. The molecule has 4 N–H and O–H groups in total. The average Bonchev–Trinajstić information content (AvgIpc) is 2.37. The average molecular weight is 265 g/mol. The minimum Gasteiger partial charge on any atom is -0.397 e. The van der Waals surface area contributed by atoms with E-state index in [1.807, 2.05) is 25.1 Å². The van der Waals surface area contributed by atoms with Gasteiger partial charge >= 0.3 is 0 Å². The number of hydrogen-bond donors (Lipinski definition) is 3. The number of nitrogens with two attached hydrogens (primary N) is 1. The number of aliphatic hydroxyl groups is 1. The van der Waals surface area contributed by atoms with E-state index >= 15 is 0 Å². The number of amides is 1. The molecular formula is C14H23N3O2. The number of rotatable bonds is 7. The molecule has 1 rings (SSSR count). The van der Waals surface area contributed by atoms with Gasteiger partial charge in [0.25, 0.3) is 5.91 Å². The van der Waals surface area contributed by atoms with Gasteiger partial charge in [-0.1, -0.05) is 0 Å². The topological polar surface area (TPSA) is 78.6 Å². The van der Waals surface area contributed by atoms with Crippen molar-refractivity contribution in [1.82, 2.24) is 5.32 Å². The number of unbranched alkanes of at least 4 members (excludes halogenated alkanes) is 2. The maximum absolute atomic E-state index is 11.9. The molecule has 0 aliphatic heterocycles. The molecule has 106 valence electrons. The summed E-state index contributed by atoms with van der Waals surface area (Å²) in [6.45, 7) is 0.824. The van der Waals surface area contributed by atoms with E-state index in [4.69, 9.17) is 10.8 Å². The molecule has 0 saturated heterocycles. The third kappa shape index (κ3) is 4.79. The van der Waals surface area contributed by atoms with Crippen LogP contribution in [0.3, 0.4) is 0 Å². The number of nitrogen functional groups attached to an aromatic ring is 1. The molecule has 0 atom stereocenters. The first-order valence-electron chi connectivity index (χ1n) is 6.52. The molecule has 0 aromatic heterocycles. The number of hydrogen-bond acceptors (Lipinski definition) is 4. The van der Waals surface area contributed by atoms with Crippen molar-refractivity contribution in [2.45, 2.75) is 19.3 Å². The van der Waals surface area contributed by atoms with Crippen LogP contribution in [0.25, 0.3) is 0 Å². The molecule has 0 fully saturated rings. The van der Waals surface area contributed by atoms with Gasteiger partial charge in [0.2, 0.25) is 0 Å². The maximum atomic E-state index is 11.9. The molecule has 19 heavy (non-hydrogen) atoms. The van der Waals surface area contributed by atoms with Crippen molar-refractivity contribution in [1.29, 1.82) is 0 Å². The second-order valence-corrected chi connectivity index (χ2v) is 4.71. The molecule has 1 aromatic carbocycles. The van der Waals surface area contributed by atoms with Crippen molar-refractivity contribution in [3.63, 3.8) is 0 Å². The number of benzene rings is 1. The summed E-state index contributed by atoms with van der Waals surface area (Å²) in [6, 6.07) is 5.31. The highest BCUT2D eigenvalue weighted by molar-refractivity contribution is 5.96. The monoisotopic (exact) mass is 265 g/mol. The largest absolute Gasteiger partial charge is 0.397 e. The minimum absolute atomic E-state index is 0.110. The molecule has 1 aromatic rings. The number of aliphatic hydroxyl groups excluding tert-OH is 1. The Hall–Kier alpha value is -1.75. The van der Waals surface area contributed by atoms with Crippen molar-refractivity contribution in [3.05, 3.63) is 23.8 Å². The number of nitrogens with zero attached hydrogens (tertiary/aromatic N) is 1. The van der Waals surface area contributed by atoms with Crippen molar-refractivity contribution in [2.75, 3.05) is 37.9 Å². The Morgan fingerprint density at radius 3 is 2.63 bits per heavy atom. The zero-order valence-corrected chi connectivity index (χ0v) is 11.6. The van der Waals surface area contributed by atoms with Crippen molar-refractivity contribution >= 4 is 17.3 Å². The van der Waals surface area contributed by atoms with Gasteiger partial charge in [-0.2, -0.15) is 0 Å². The zero-order chi connectivity index (χ0) is 14.3. The molecule has 1 amide bonds. The van der Waals surface area contributed by atoms with Gasteiger partial charge in [-0.3, -0.25) is 4.79 Å². The molecule has 0 spiro atoms. The highest BCUT2D eigenvalue weighted by Crippen LogP contribution is 2.22. The van der Waals surface area contributed by atoms with Crippen LogP contribution < -0.4 is 16.0 Å². The fourth-order valence-corrected chi connectivity index (χ4v) is 1.82. The molecule has 0 saturated carbocycles. The van der Waals surface area contributed by atoms with E-state index in [0.29, 0.717) is 17.8 Å². The fourth-order valence-electron chi connectivity index (χ4n) is 1.82. The van der Waals surface area contributed by atoms with E-state index in [0.717, 1.165) is 24.9 Å². The van der Waals surface area contributed by atoms with E-state index in [-0.39, 0.29) is 12.5 Å². The highest BCUT2D eigenvalue weighted by atomic mass is 16.2. The standard InChI is InChI=1S/C14H23N3O2/c1-17(2)13-7-6-11(10-12(13)15)14(19)16-8-4-3-5-9-18/h6-7,10,18H,3-5,8-9,15H2,1-2H3,(H,16,19). The molecule has 0 unspecified atom stereocenters. The molecular weight excluding hydrogens is 242 g/mol. The van der Waals surface area contributed by atoms with Gasteiger partial charge in [-0.15, -0.1) is 0 Å². The lowest BCUT2D eigenvalue weighted by molar-refractivity contribution is 0.0953. The van der Waals surface area contributed by atoms with Crippen LogP contribution in [-0.2, 0) is 0 Å². The molecule has 5 heteroatoms. The smallest absolute Gasteiger partial charge is 0.251 e. The number of anilines is 2. The molecule has 0 heterocycles. The van der Waals surface area contributed by atoms with Crippen LogP contribution in [0.15, 0.2) is 18.2 Å². The van der Waals surface area contributed by atoms with Gasteiger partial charge in [0, 0.05) is 32.8 Å². The van der Waals surface area contributed by atoms with Crippen LogP contribution in [0.1, 0.15) is 29.6 Å². The third-order valence-electron chi connectivity index (χ3n) is 2.89. The Kier molecular flexibility index (Phi) is 6.15. The van der Waals surface area contributed by atoms with Gasteiger partial charge < -0.3 is 21.1 Å². The second kappa shape index (κ2) is 7.63. The number of carbonyl (C=O) groups excluding carboxylic acids is 1. The number of nitrogens with one attached hydrogen (secondary N) is 1. The first-order chi connectivity index (χ1) is 9.06. The summed E-state index contributed by atoms with van der Waals surface area (Å²) in [4.78, 5) is 13.8. The normalized spacial score (nSPS) is 10.3. The molecule has 5 nitrogen and oxygen atoms in total. The summed E-state index contributed by atoms with van der Waals surface area (Å²) >= 11 is 0. The van der Waals surface area contributed by atoms with Gasteiger partial charge in [-0.05, 0) is 37.5 Å². The first kappa shape index (κ1) is 15.3. The van der Waals surface area contributed by atoms with Crippen molar-refractivity contribution in [3.8, 4) is 0 Å². The quantitative estimate of drug-likeness (QED) is 0.512. The first-order valence-corrected chi connectivity index (χ1v) is 6.52. The SMILES string of the molecule is CN(C)c1ccc(C(=O)NCCCCCO)cc1N. The van der Waals surface area contributed by atoms with Crippen molar-refractivity contribution in [2.24, 2.45) is 0 Å². The van der Waals surface area contributed by atoms with Gasteiger partial charge in [-0.25, -0.2) is 0 Å². The molecule has 0 bridgehead atoms. The van der Waals surface area contributed by atoms with Crippen LogP contribution in [0.2, 0.25) is 0 Å². The van der Waals surface area contributed by atoms with Crippen LogP contribution in [0.5, 0.6) is 0 Å². The van der Waals surface area contributed by atoms with E-state index in [1.165, 1.54) is 0 Å². The predicted molar refractivity (Wildman–Crippen MR) is 78.5 cm³/mol. The Balaban J connectivity index is 2.51. The lowest BCUT2D eigenvalue weighted by atomic mass is 10.1. The molecule has 0 aliphatic carbocycles. The Labute approximate surface area is 114 Å². The highest BCUT2D eigenvalue weighted by Gasteiger charge is 2.08. The summed E-state index contributed by atoms with van der Waals surface area (Å²) in [6.07, 6.45) is 2.57. The van der Waals surface area contributed by atoms with Gasteiger partial charge in [0.05, 0.1) is 11.4 Å². The number of carbonyl (C=O) groups is 1. The van der Waals surface area contributed by atoms with E-state index in [9.17, 15) is 4.79 Å². The molecule has 0 radical (unpaired) electrons. The lowest BCUT2D eigenvalue weighted by Crippen LogP contribution is -2.24. The predicted octanol–water partition coefficient (Wildman–Crippen LogP) is 1.23. The Bertz CT molecular complexity index is 419. The lowest BCUT2D eigenvalue weighted by Gasteiger charge is -2.15. The summed E-state index contributed by atoms with van der Waals surface area (Å²) in [5.74, 6) is -0.110. The third-order valence-corrected chi connectivity index (χ3v) is 2.89. The van der Waals surface area contributed by atoms with Crippen LogP contribution in [-0.4, -0.2) is 38.3 Å². The summed E-state index contributed by atoms with van der Waals surface area (Å²) in [5, 5.41) is 11.5. The fraction of sp³-hybridized carbons (Fsp3) is 0.500. The second-order valence-electron chi connectivity index (χ2n) is 4.71. The van der Waals surface area contributed by atoms with E-state index < -0.39 is 0 Å². The summed E-state index contributed by atoms with van der Waals surface area (Å²) < 4.78 is 0. The van der Waals surface area contributed by atoms with Gasteiger partial charge in [0.1, 0.15) is 0 Å². The molecule has 0 aliphatic rings. The summed E-state index contributed by atoms with van der Waals surface area (Å²) in [5.41, 5.74) is 7.98. The minimum atomic E-state index is -0.110. The van der Waals surface area contributed by atoms with Crippen LogP contribution >= 0.6 is 0 Å². The van der Waals surface area contributed by atoms with E-state index in [2.05, 4.69) is 5.32 Å². The van der Waals surface area contributed by atoms with E-state index in [1.54, 1.807) is 12.1 Å².